The molecule has 0 bridgehead atoms. The van der Waals surface area contributed by atoms with Crippen molar-refractivity contribution in [2.24, 2.45) is 5.10 Å². The van der Waals surface area contributed by atoms with Gasteiger partial charge in [-0.25, -0.2) is 13.8 Å². The van der Waals surface area contributed by atoms with Crippen LogP contribution < -0.4 is 14.9 Å². The first-order valence-electron chi connectivity index (χ1n) is 9.91. The number of ether oxygens (including phenoxy) is 1. The maximum Gasteiger partial charge on any atom is 0.258 e. The van der Waals surface area contributed by atoms with E-state index in [1.165, 1.54) is 25.5 Å². The molecule has 8 nitrogen and oxygen atoms in total. The molecular weight excluding hydrogens is 637 g/mol. The lowest BCUT2D eigenvalue weighted by atomic mass is 10.1. The predicted molar refractivity (Wildman–Crippen MR) is 142 cm³/mol. The predicted octanol–water partition coefficient (Wildman–Crippen LogP) is 3.81. The second-order valence-corrected chi connectivity index (χ2v) is 11.0. The van der Waals surface area contributed by atoms with Gasteiger partial charge in [-0.3, -0.25) is 4.79 Å². The summed E-state index contributed by atoms with van der Waals surface area (Å²) in [5, 5.41) is 14.1. The maximum absolute atomic E-state index is 12.9. The van der Waals surface area contributed by atoms with Crippen LogP contribution in [0.15, 0.2) is 81.2 Å². The maximum atomic E-state index is 12.9. The Labute approximate surface area is 219 Å². The van der Waals surface area contributed by atoms with Gasteiger partial charge >= 0.3 is 0 Å². The molecule has 1 atom stereocenters. The average molecular weight is 658 g/mol. The van der Waals surface area contributed by atoms with Gasteiger partial charge in [0.15, 0.2) is 11.5 Å². The van der Waals surface area contributed by atoms with E-state index in [2.05, 4.69) is 53.8 Å². The molecule has 0 aliphatic rings. The molecule has 0 aromatic heterocycles. The summed E-state index contributed by atoms with van der Waals surface area (Å²) in [4.78, 5) is 13.0. The molecule has 0 aliphatic heterocycles. The summed E-state index contributed by atoms with van der Waals surface area (Å²) in [5.41, 5.74) is 3.42. The van der Waals surface area contributed by atoms with E-state index < -0.39 is 22.0 Å². The van der Waals surface area contributed by atoms with Crippen molar-refractivity contribution in [3.8, 4) is 11.5 Å². The smallest absolute Gasteiger partial charge is 0.258 e. The molecular formula is C23H21BrIN3O5S. The van der Waals surface area contributed by atoms with Gasteiger partial charge in [0, 0.05) is 13.6 Å². The molecule has 0 aliphatic carbocycles. The number of hydrogen-bond donors (Lipinski definition) is 3. The Morgan fingerprint density at radius 3 is 2.50 bits per heavy atom. The van der Waals surface area contributed by atoms with Crippen LogP contribution >= 0.6 is 38.5 Å². The quantitative estimate of drug-likeness (QED) is 0.184. The molecule has 178 valence electrons. The molecule has 0 heterocycles. The second-order valence-electron chi connectivity index (χ2n) is 7.10. The van der Waals surface area contributed by atoms with E-state index in [0.717, 1.165) is 9.13 Å². The van der Waals surface area contributed by atoms with Gasteiger partial charge in [-0.05, 0) is 71.0 Å². The summed E-state index contributed by atoms with van der Waals surface area (Å²) in [5.74, 6) is -0.575. The van der Waals surface area contributed by atoms with Crippen LogP contribution in [0.4, 0.5) is 0 Å². The van der Waals surface area contributed by atoms with Crippen LogP contribution in [0.3, 0.4) is 0 Å². The highest BCUT2D eigenvalue weighted by atomic mass is 127. The number of hydrogen-bond acceptors (Lipinski definition) is 6. The summed E-state index contributed by atoms with van der Waals surface area (Å²) in [7, 11) is -2.55. The third kappa shape index (κ3) is 7.01. The zero-order chi connectivity index (χ0) is 24.7. The molecule has 3 N–H and O–H groups in total. The SMILES string of the molecule is COc1cc(Br)cc(/C=N\NC(=O)[C@@H](Cc2ccccc2)NS(=O)(=O)c2ccc(I)cc2)c1O. The van der Waals surface area contributed by atoms with E-state index in [4.69, 9.17) is 4.74 Å². The number of hydrazone groups is 1. The topological polar surface area (TPSA) is 117 Å². The summed E-state index contributed by atoms with van der Waals surface area (Å²) in [6.45, 7) is 0. The molecule has 11 heteroatoms. The van der Waals surface area contributed by atoms with Crippen LogP contribution in [0.2, 0.25) is 0 Å². The molecule has 0 saturated carbocycles. The third-order valence-corrected chi connectivity index (χ3v) is 7.35. The summed E-state index contributed by atoms with van der Waals surface area (Å²) in [6, 6.07) is 17.4. The number of carbonyl (C=O) groups excluding carboxylic acids is 1. The van der Waals surface area contributed by atoms with Gasteiger partial charge < -0.3 is 9.84 Å². The summed E-state index contributed by atoms with van der Waals surface area (Å²) >= 11 is 5.39. The fraction of sp³-hybridized carbons (Fsp3) is 0.130. The lowest BCUT2D eigenvalue weighted by Gasteiger charge is -2.17. The Bertz CT molecular complexity index is 1290. The Morgan fingerprint density at radius 2 is 1.85 bits per heavy atom. The van der Waals surface area contributed by atoms with Crippen molar-refractivity contribution in [2.75, 3.05) is 7.11 Å². The zero-order valence-corrected chi connectivity index (χ0v) is 22.5. The number of nitrogens with zero attached hydrogens (tertiary/aromatic N) is 1. The molecule has 3 aromatic carbocycles. The van der Waals surface area contributed by atoms with Crippen LogP contribution in [0, 0.1) is 3.57 Å². The first-order chi connectivity index (χ1) is 16.2. The van der Waals surface area contributed by atoms with Crippen LogP contribution in [0.1, 0.15) is 11.1 Å². The van der Waals surface area contributed by atoms with Gasteiger partial charge in [0.2, 0.25) is 10.0 Å². The van der Waals surface area contributed by atoms with Crippen molar-refractivity contribution in [3.05, 3.63) is 85.9 Å². The van der Waals surface area contributed by atoms with E-state index in [1.54, 1.807) is 48.5 Å². The molecule has 1 amide bonds. The molecule has 0 spiro atoms. The van der Waals surface area contributed by atoms with Gasteiger partial charge in [-0.1, -0.05) is 46.3 Å². The number of methoxy groups -OCH3 is 1. The Kier molecular flexibility index (Phi) is 9.05. The largest absolute Gasteiger partial charge is 0.504 e. The van der Waals surface area contributed by atoms with Crippen LogP contribution in [0.25, 0.3) is 0 Å². The minimum Gasteiger partial charge on any atom is -0.504 e. The summed E-state index contributed by atoms with van der Waals surface area (Å²) in [6.07, 6.45) is 1.36. The van der Waals surface area contributed by atoms with Crippen LogP contribution in [-0.2, 0) is 21.2 Å². The number of carbonyl (C=O) groups is 1. The number of phenols is 1. The van der Waals surface area contributed by atoms with E-state index in [0.29, 0.717) is 10.0 Å². The highest BCUT2D eigenvalue weighted by molar-refractivity contribution is 14.1. The molecule has 0 fully saturated rings. The van der Waals surface area contributed by atoms with Gasteiger partial charge in [0.1, 0.15) is 6.04 Å². The fourth-order valence-corrected chi connectivity index (χ4v) is 5.01. The molecule has 0 unspecified atom stereocenters. The lowest BCUT2D eigenvalue weighted by Crippen LogP contribution is -2.46. The second kappa shape index (κ2) is 11.8. The van der Waals surface area contributed by atoms with Gasteiger partial charge in [0.05, 0.1) is 18.2 Å². The van der Waals surface area contributed by atoms with Crippen molar-refractivity contribution < 1.29 is 23.1 Å². The molecule has 3 rings (SSSR count). The molecule has 3 aromatic rings. The number of sulfonamides is 1. The number of halogens is 2. The fourth-order valence-electron chi connectivity index (χ4n) is 3.00. The van der Waals surface area contributed by atoms with E-state index in [-0.39, 0.29) is 22.8 Å². The molecule has 34 heavy (non-hydrogen) atoms. The van der Waals surface area contributed by atoms with Gasteiger partial charge in [-0.2, -0.15) is 9.82 Å². The number of amides is 1. The highest BCUT2D eigenvalue weighted by Crippen LogP contribution is 2.32. The average Bonchev–Trinajstić information content (AvgIpc) is 2.81. The van der Waals surface area contributed by atoms with Crippen molar-refractivity contribution in [2.45, 2.75) is 17.4 Å². The van der Waals surface area contributed by atoms with Crippen molar-refractivity contribution in [3.63, 3.8) is 0 Å². The van der Waals surface area contributed by atoms with E-state index >= 15 is 0 Å². The van der Waals surface area contributed by atoms with Crippen LogP contribution in [-0.4, -0.2) is 38.8 Å². The molecule has 0 radical (unpaired) electrons. The van der Waals surface area contributed by atoms with Gasteiger partial charge in [0.25, 0.3) is 5.91 Å². The number of phenolic OH excluding ortho intramolecular Hbond substituents is 1. The Balaban J connectivity index is 1.82. The standard InChI is InChI=1S/C23H21BrIN3O5S/c1-33-21-13-17(24)12-16(22(21)29)14-26-27-23(30)20(11-15-5-3-2-4-6-15)28-34(31,32)19-9-7-18(25)8-10-19/h2-10,12-14,20,28-29H,11H2,1H3,(H,27,30)/b26-14-/t20-/m1/s1. The van der Waals surface area contributed by atoms with E-state index in [9.17, 15) is 18.3 Å². The number of nitrogens with one attached hydrogen (secondary N) is 2. The zero-order valence-electron chi connectivity index (χ0n) is 17.9. The van der Waals surface area contributed by atoms with Crippen molar-refractivity contribution >= 4 is 60.7 Å². The first kappa shape index (κ1) is 26.1. The molecule has 0 saturated heterocycles. The van der Waals surface area contributed by atoms with Gasteiger partial charge in [-0.15, -0.1) is 0 Å². The van der Waals surface area contributed by atoms with Crippen molar-refractivity contribution in [1.82, 2.24) is 10.1 Å². The lowest BCUT2D eigenvalue weighted by molar-refractivity contribution is -0.122. The minimum absolute atomic E-state index is 0.0495. The van der Waals surface area contributed by atoms with E-state index in [1.807, 2.05) is 6.07 Å². The van der Waals surface area contributed by atoms with Crippen LogP contribution in [0.5, 0.6) is 11.5 Å². The first-order valence-corrected chi connectivity index (χ1v) is 13.3. The number of rotatable bonds is 9. The summed E-state index contributed by atoms with van der Waals surface area (Å²) < 4.78 is 34.9. The number of aromatic hydroxyl groups is 1. The minimum atomic E-state index is -3.97. The number of benzene rings is 3. The highest BCUT2D eigenvalue weighted by Gasteiger charge is 2.26. The van der Waals surface area contributed by atoms with Crippen molar-refractivity contribution in [1.29, 1.82) is 0 Å². The monoisotopic (exact) mass is 657 g/mol. The Morgan fingerprint density at radius 1 is 1.18 bits per heavy atom. The Hall–Kier alpha value is -2.48. The third-order valence-electron chi connectivity index (χ3n) is 4.69. The normalized spacial score (nSPS) is 12.4.